The van der Waals surface area contributed by atoms with Gasteiger partial charge in [0.1, 0.15) is 0 Å². The topological polar surface area (TPSA) is 47.9 Å². The highest BCUT2D eigenvalue weighted by Gasteiger charge is 2.22. The van der Waals surface area contributed by atoms with Crippen LogP contribution in [-0.2, 0) is 6.42 Å². The number of aliphatic hydroxyl groups is 1. The van der Waals surface area contributed by atoms with Crippen molar-refractivity contribution in [2.24, 2.45) is 4.99 Å². The maximum atomic E-state index is 10.4. The first-order chi connectivity index (χ1) is 10.0. The van der Waals surface area contributed by atoms with Crippen LogP contribution in [0, 0.1) is 0 Å². The minimum atomic E-state index is -0.685. The van der Waals surface area contributed by atoms with Crippen LogP contribution in [0.3, 0.4) is 0 Å². The highest BCUT2D eigenvalue weighted by Crippen LogP contribution is 2.15. The summed E-state index contributed by atoms with van der Waals surface area (Å²) in [4.78, 5) is 8.13. The molecule has 0 aliphatic heterocycles. The Morgan fingerprint density at radius 2 is 2.10 bits per heavy atom. The molecule has 120 valence electrons. The van der Waals surface area contributed by atoms with Gasteiger partial charge in [-0.3, -0.25) is 4.99 Å². The number of nitrogens with zero attached hydrogens (tertiary/aromatic N) is 2. The quantitative estimate of drug-likeness (QED) is 0.573. The molecule has 0 bridgehead atoms. The van der Waals surface area contributed by atoms with E-state index < -0.39 is 5.60 Å². The largest absolute Gasteiger partial charge is 0.388 e. The summed E-state index contributed by atoms with van der Waals surface area (Å²) in [6.07, 6.45) is 2.47. The predicted molar refractivity (Wildman–Crippen MR) is 92.2 cm³/mol. The maximum absolute atomic E-state index is 10.4. The molecule has 0 aliphatic carbocycles. The van der Waals surface area contributed by atoms with Crippen molar-refractivity contribution in [1.82, 2.24) is 10.2 Å². The molecule has 0 fully saturated rings. The fourth-order valence-electron chi connectivity index (χ4n) is 2.00. The zero-order valence-corrected chi connectivity index (χ0v) is 14.5. The van der Waals surface area contributed by atoms with E-state index in [1.807, 2.05) is 20.9 Å². The standard InChI is InChI=1S/C16H29N3OS/c1-5-16(20,6-2)13-18-15(17-7-3)19(4)11-10-14-9-8-12-21-14/h8-9,12,20H,5-7,10-11,13H2,1-4H3,(H,17,18). The number of hydrogen-bond donors (Lipinski definition) is 2. The molecule has 21 heavy (non-hydrogen) atoms. The van der Waals surface area contributed by atoms with Crippen LogP contribution in [0.5, 0.6) is 0 Å². The first-order valence-electron chi connectivity index (χ1n) is 7.78. The molecule has 2 N–H and O–H groups in total. The van der Waals surface area contributed by atoms with Crippen molar-refractivity contribution in [2.45, 2.75) is 45.6 Å². The predicted octanol–water partition coefficient (Wildman–Crippen LogP) is 2.74. The van der Waals surface area contributed by atoms with E-state index >= 15 is 0 Å². The van der Waals surface area contributed by atoms with Gasteiger partial charge in [0.25, 0.3) is 0 Å². The van der Waals surface area contributed by atoms with E-state index in [4.69, 9.17) is 0 Å². The second-order valence-corrected chi connectivity index (χ2v) is 6.38. The number of hydrogen-bond acceptors (Lipinski definition) is 3. The summed E-state index contributed by atoms with van der Waals surface area (Å²) in [5, 5.41) is 15.8. The second-order valence-electron chi connectivity index (χ2n) is 5.35. The average molecular weight is 311 g/mol. The Balaban J connectivity index is 2.61. The van der Waals surface area contributed by atoms with Crippen LogP contribution in [0.25, 0.3) is 0 Å². The zero-order chi connectivity index (χ0) is 15.7. The number of nitrogens with one attached hydrogen (secondary N) is 1. The van der Waals surface area contributed by atoms with Gasteiger partial charge in [0, 0.05) is 25.0 Å². The molecule has 0 radical (unpaired) electrons. The minimum Gasteiger partial charge on any atom is -0.388 e. The smallest absolute Gasteiger partial charge is 0.193 e. The third-order valence-electron chi connectivity index (χ3n) is 3.81. The lowest BCUT2D eigenvalue weighted by Crippen LogP contribution is -2.41. The summed E-state index contributed by atoms with van der Waals surface area (Å²) in [5.74, 6) is 0.870. The third-order valence-corrected chi connectivity index (χ3v) is 4.75. The second kappa shape index (κ2) is 9.05. The fraction of sp³-hybridized carbons (Fsp3) is 0.688. The number of thiophene rings is 1. The number of likely N-dealkylation sites (N-methyl/N-ethyl adjacent to an activating group) is 1. The van der Waals surface area contributed by atoms with Crippen LogP contribution < -0.4 is 5.32 Å². The van der Waals surface area contributed by atoms with Gasteiger partial charge in [-0.05, 0) is 37.6 Å². The molecule has 1 aromatic heterocycles. The van der Waals surface area contributed by atoms with E-state index in [1.165, 1.54) is 4.88 Å². The normalized spacial score (nSPS) is 12.5. The van der Waals surface area contributed by atoms with E-state index in [1.54, 1.807) is 11.3 Å². The summed E-state index contributed by atoms with van der Waals surface area (Å²) in [6, 6.07) is 4.25. The van der Waals surface area contributed by atoms with Gasteiger partial charge < -0.3 is 15.3 Å². The highest BCUT2D eigenvalue weighted by molar-refractivity contribution is 7.09. The lowest BCUT2D eigenvalue weighted by Gasteiger charge is -2.26. The summed E-state index contributed by atoms with van der Waals surface area (Å²) in [7, 11) is 2.05. The van der Waals surface area contributed by atoms with E-state index in [0.717, 1.165) is 38.3 Å². The Morgan fingerprint density at radius 1 is 1.38 bits per heavy atom. The Labute approximate surface area is 132 Å². The zero-order valence-electron chi connectivity index (χ0n) is 13.7. The van der Waals surface area contributed by atoms with Gasteiger partial charge in [-0.1, -0.05) is 19.9 Å². The van der Waals surface area contributed by atoms with Crippen molar-refractivity contribution in [1.29, 1.82) is 0 Å². The van der Waals surface area contributed by atoms with Gasteiger partial charge in [-0.2, -0.15) is 0 Å². The maximum Gasteiger partial charge on any atom is 0.193 e. The Kier molecular flexibility index (Phi) is 7.75. The minimum absolute atomic E-state index is 0.450. The van der Waals surface area contributed by atoms with Crippen LogP contribution in [0.15, 0.2) is 22.5 Å². The van der Waals surface area contributed by atoms with Crippen LogP contribution in [0.4, 0.5) is 0 Å². The molecule has 0 aliphatic rings. The third kappa shape index (κ3) is 6.06. The molecule has 5 heteroatoms. The lowest BCUT2D eigenvalue weighted by atomic mass is 9.98. The SMILES string of the molecule is CCNC(=NCC(O)(CC)CC)N(C)CCc1cccs1. The van der Waals surface area contributed by atoms with E-state index in [0.29, 0.717) is 6.54 Å². The number of rotatable bonds is 8. The van der Waals surface area contributed by atoms with Crippen molar-refractivity contribution in [3.63, 3.8) is 0 Å². The first kappa shape index (κ1) is 18.0. The molecule has 1 heterocycles. The molecule has 0 aromatic carbocycles. The van der Waals surface area contributed by atoms with E-state index in [2.05, 4.69) is 39.6 Å². The van der Waals surface area contributed by atoms with Gasteiger partial charge in [0.05, 0.1) is 12.1 Å². The molecule has 0 unspecified atom stereocenters. The van der Waals surface area contributed by atoms with Gasteiger partial charge in [0.2, 0.25) is 0 Å². The van der Waals surface area contributed by atoms with Crippen molar-refractivity contribution < 1.29 is 5.11 Å². The van der Waals surface area contributed by atoms with E-state index in [9.17, 15) is 5.11 Å². The molecule has 0 atom stereocenters. The summed E-state index contributed by atoms with van der Waals surface area (Å²) >= 11 is 1.79. The monoisotopic (exact) mass is 311 g/mol. The molecular weight excluding hydrogens is 282 g/mol. The Bertz CT molecular complexity index is 413. The summed E-state index contributed by atoms with van der Waals surface area (Å²) < 4.78 is 0. The number of guanidine groups is 1. The van der Waals surface area contributed by atoms with Gasteiger partial charge in [-0.25, -0.2) is 0 Å². The van der Waals surface area contributed by atoms with E-state index in [-0.39, 0.29) is 0 Å². The van der Waals surface area contributed by atoms with Gasteiger partial charge in [0.15, 0.2) is 5.96 Å². The van der Waals surface area contributed by atoms with Crippen LogP contribution >= 0.6 is 11.3 Å². The van der Waals surface area contributed by atoms with Crippen molar-refractivity contribution >= 4 is 17.3 Å². The van der Waals surface area contributed by atoms with Crippen molar-refractivity contribution in [2.75, 3.05) is 26.7 Å². The highest BCUT2D eigenvalue weighted by atomic mass is 32.1. The lowest BCUT2D eigenvalue weighted by molar-refractivity contribution is 0.0416. The molecule has 0 spiro atoms. The molecular formula is C16H29N3OS. The van der Waals surface area contributed by atoms with Crippen molar-refractivity contribution in [3.05, 3.63) is 22.4 Å². The van der Waals surface area contributed by atoms with Crippen molar-refractivity contribution in [3.8, 4) is 0 Å². The first-order valence-corrected chi connectivity index (χ1v) is 8.66. The average Bonchev–Trinajstić information content (AvgIpc) is 3.02. The van der Waals surface area contributed by atoms with Crippen LogP contribution in [-0.4, -0.2) is 48.2 Å². The Morgan fingerprint density at radius 3 is 2.62 bits per heavy atom. The number of aliphatic imine (C=N–C) groups is 1. The summed E-state index contributed by atoms with van der Waals surface area (Å²) in [5.41, 5.74) is -0.685. The van der Waals surface area contributed by atoms with Crippen LogP contribution in [0.1, 0.15) is 38.5 Å². The fourth-order valence-corrected chi connectivity index (χ4v) is 2.70. The molecule has 1 aromatic rings. The molecule has 4 nitrogen and oxygen atoms in total. The molecule has 0 saturated heterocycles. The van der Waals surface area contributed by atoms with Gasteiger partial charge in [-0.15, -0.1) is 11.3 Å². The molecule has 0 saturated carbocycles. The molecule has 1 rings (SSSR count). The molecule has 0 amide bonds. The van der Waals surface area contributed by atoms with Crippen LogP contribution in [0.2, 0.25) is 0 Å². The Hall–Kier alpha value is -1.07. The van der Waals surface area contributed by atoms with Gasteiger partial charge >= 0.3 is 0 Å². The summed E-state index contributed by atoms with van der Waals surface area (Å²) in [6.45, 7) is 8.28.